The van der Waals surface area contributed by atoms with E-state index >= 15 is 0 Å². The van der Waals surface area contributed by atoms with Crippen LogP contribution in [0.15, 0.2) is 18.2 Å². The van der Waals surface area contributed by atoms with Crippen LogP contribution >= 0.6 is 0 Å². The van der Waals surface area contributed by atoms with Crippen molar-refractivity contribution in [2.45, 2.75) is 58.7 Å². The van der Waals surface area contributed by atoms with E-state index in [0.29, 0.717) is 6.42 Å². The molecule has 1 amide bonds. The summed E-state index contributed by atoms with van der Waals surface area (Å²) in [6, 6.07) is 3.08. The predicted octanol–water partition coefficient (Wildman–Crippen LogP) is 4.48. The van der Waals surface area contributed by atoms with Crippen LogP contribution < -0.4 is 10.1 Å². The van der Waals surface area contributed by atoms with Crippen LogP contribution in [0, 0.1) is 5.41 Å². The molecule has 1 aliphatic heterocycles. The lowest BCUT2D eigenvalue weighted by Gasteiger charge is -2.36. The number of halogens is 3. The fourth-order valence-corrected chi connectivity index (χ4v) is 3.56. The van der Waals surface area contributed by atoms with Crippen molar-refractivity contribution < 1.29 is 27.1 Å². The molecule has 139 valence electrons. The molecule has 4 nitrogen and oxygen atoms in total. The van der Waals surface area contributed by atoms with Gasteiger partial charge in [0.1, 0.15) is 5.75 Å². The first-order valence-electron chi connectivity index (χ1n) is 8.03. The Balaban J connectivity index is 2.19. The average molecular weight is 374 g/mol. The number of ether oxygens (including phenoxy) is 1. The molecule has 2 atom stereocenters. The van der Waals surface area contributed by atoms with Gasteiger partial charge < -0.3 is 14.5 Å². The van der Waals surface area contributed by atoms with E-state index < -0.39 is 32.8 Å². The van der Waals surface area contributed by atoms with Crippen molar-refractivity contribution in [1.82, 2.24) is 0 Å². The van der Waals surface area contributed by atoms with Crippen molar-refractivity contribution in [3.8, 4) is 5.75 Å². The van der Waals surface area contributed by atoms with Crippen molar-refractivity contribution in [3.63, 3.8) is 0 Å². The standard InChI is InChI=1S/C17H23F3NO3Si/c1-16(2,3)14(24-25(4)5)9-13-15(22)21-11-8-10(17(18,19)20)6-7-12(11)23-13/h6-8,13-14H,9H2,1-5H3,(H,21,22). The van der Waals surface area contributed by atoms with Crippen LogP contribution in [0.3, 0.4) is 0 Å². The topological polar surface area (TPSA) is 47.6 Å². The SMILES string of the molecule is C[Si](C)OC(CC1Oc2ccc(C(F)(F)F)cc2NC1=O)C(C)(C)C. The zero-order valence-corrected chi connectivity index (χ0v) is 16.0. The molecule has 0 aromatic heterocycles. The summed E-state index contributed by atoms with van der Waals surface area (Å²) >= 11 is 0. The minimum atomic E-state index is -4.47. The molecule has 0 bridgehead atoms. The monoisotopic (exact) mass is 374 g/mol. The highest BCUT2D eigenvalue weighted by molar-refractivity contribution is 6.48. The maximum Gasteiger partial charge on any atom is 0.416 e. The van der Waals surface area contributed by atoms with Crippen molar-refractivity contribution >= 4 is 20.6 Å². The van der Waals surface area contributed by atoms with Crippen LogP contribution in [-0.2, 0) is 15.4 Å². The van der Waals surface area contributed by atoms with Crippen molar-refractivity contribution in [3.05, 3.63) is 23.8 Å². The molecule has 8 heteroatoms. The number of fused-ring (bicyclic) bond motifs is 1. The second-order valence-electron chi connectivity index (χ2n) is 7.42. The fraction of sp³-hybridized carbons (Fsp3) is 0.588. The van der Waals surface area contributed by atoms with Gasteiger partial charge in [-0.2, -0.15) is 13.2 Å². The molecule has 1 radical (unpaired) electrons. The van der Waals surface area contributed by atoms with Gasteiger partial charge >= 0.3 is 6.18 Å². The summed E-state index contributed by atoms with van der Waals surface area (Å²) < 4.78 is 50.0. The number of anilines is 1. The lowest BCUT2D eigenvalue weighted by atomic mass is 9.85. The Kier molecular flexibility index (Phi) is 5.53. The normalized spacial score (nSPS) is 19.2. The van der Waals surface area contributed by atoms with Gasteiger partial charge in [0.2, 0.25) is 9.04 Å². The quantitative estimate of drug-likeness (QED) is 0.791. The predicted molar refractivity (Wildman–Crippen MR) is 90.9 cm³/mol. The zero-order chi connectivity index (χ0) is 19.0. The van der Waals surface area contributed by atoms with E-state index in [1.807, 2.05) is 33.9 Å². The Bertz CT molecular complexity index is 641. The number of nitrogens with one attached hydrogen (secondary N) is 1. The van der Waals surface area contributed by atoms with E-state index in [4.69, 9.17) is 9.16 Å². The number of amides is 1. The molecule has 1 aromatic carbocycles. The summed E-state index contributed by atoms with van der Waals surface area (Å²) in [6.45, 7) is 10.1. The number of hydrogen-bond donors (Lipinski definition) is 1. The summed E-state index contributed by atoms with van der Waals surface area (Å²) in [5.74, 6) is -0.213. The minimum Gasteiger partial charge on any atom is -0.478 e. The third kappa shape index (κ3) is 4.98. The van der Waals surface area contributed by atoms with E-state index in [9.17, 15) is 18.0 Å². The number of carbonyl (C=O) groups is 1. The third-order valence-corrected chi connectivity index (χ3v) is 4.65. The van der Waals surface area contributed by atoms with Crippen LogP contribution in [0.25, 0.3) is 0 Å². The van der Waals surface area contributed by atoms with Gasteiger partial charge in [-0.3, -0.25) is 4.79 Å². The molecule has 0 fully saturated rings. The Morgan fingerprint density at radius 2 is 1.92 bits per heavy atom. The van der Waals surface area contributed by atoms with E-state index in [-0.39, 0.29) is 23.0 Å². The van der Waals surface area contributed by atoms with Crippen molar-refractivity contribution in [1.29, 1.82) is 0 Å². The molecular weight excluding hydrogens is 351 g/mol. The van der Waals surface area contributed by atoms with Gasteiger partial charge in [0.25, 0.3) is 5.91 Å². The maximum absolute atomic E-state index is 12.8. The molecule has 1 aromatic rings. The molecule has 2 unspecified atom stereocenters. The van der Waals surface area contributed by atoms with E-state index in [1.165, 1.54) is 6.07 Å². The Hall–Kier alpha value is -1.54. The number of carbonyl (C=O) groups excluding carboxylic acids is 1. The number of hydrogen-bond acceptors (Lipinski definition) is 3. The largest absolute Gasteiger partial charge is 0.478 e. The number of benzene rings is 1. The molecule has 1 aliphatic rings. The van der Waals surface area contributed by atoms with Gasteiger partial charge in [0.15, 0.2) is 6.10 Å². The van der Waals surface area contributed by atoms with Crippen LogP contribution in [0.2, 0.25) is 13.1 Å². The van der Waals surface area contributed by atoms with E-state index in [2.05, 4.69) is 5.32 Å². The maximum atomic E-state index is 12.8. The molecular formula is C17H23F3NO3Si. The molecule has 25 heavy (non-hydrogen) atoms. The van der Waals surface area contributed by atoms with E-state index in [1.54, 1.807) is 0 Å². The van der Waals surface area contributed by atoms with Crippen LogP contribution in [0.4, 0.5) is 18.9 Å². The third-order valence-electron chi connectivity index (χ3n) is 3.90. The van der Waals surface area contributed by atoms with Crippen molar-refractivity contribution in [2.75, 3.05) is 5.32 Å². The van der Waals surface area contributed by atoms with Gasteiger partial charge in [-0.25, -0.2) is 0 Å². The summed E-state index contributed by atoms with van der Waals surface area (Å²) in [5.41, 5.74) is -0.972. The first-order chi connectivity index (χ1) is 11.4. The first-order valence-corrected chi connectivity index (χ1v) is 10.4. The zero-order valence-electron chi connectivity index (χ0n) is 15.0. The Morgan fingerprint density at radius 1 is 1.28 bits per heavy atom. The molecule has 2 rings (SSSR count). The highest BCUT2D eigenvalue weighted by Crippen LogP contribution is 2.38. The lowest BCUT2D eigenvalue weighted by Crippen LogP contribution is -2.44. The van der Waals surface area contributed by atoms with Crippen LogP contribution in [-0.4, -0.2) is 27.2 Å². The molecule has 1 heterocycles. The van der Waals surface area contributed by atoms with Crippen molar-refractivity contribution in [2.24, 2.45) is 5.41 Å². The summed E-state index contributed by atoms with van der Waals surface area (Å²) in [6.07, 6.45) is -5.12. The minimum absolute atomic E-state index is 0.0417. The van der Waals surface area contributed by atoms with Crippen LogP contribution in [0.1, 0.15) is 32.8 Å². The summed E-state index contributed by atoms with van der Waals surface area (Å²) in [5, 5.41) is 2.52. The number of rotatable bonds is 4. The van der Waals surface area contributed by atoms with E-state index in [0.717, 1.165) is 12.1 Å². The fourth-order valence-electron chi connectivity index (χ4n) is 2.54. The first kappa shape index (κ1) is 19.8. The Labute approximate surface area is 147 Å². The highest BCUT2D eigenvalue weighted by Gasteiger charge is 2.37. The smallest absolute Gasteiger partial charge is 0.416 e. The second-order valence-corrected chi connectivity index (χ2v) is 9.47. The summed E-state index contributed by atoms with van der Waals surface area (Å²) in [7, 11) is -0.977. The molecule has 1 N–H and O–H groups in total. The van der Waals surface area contributed by atoms with Gasteiger partial charge in [-0.05, 0) is 36.7 Å². The molecule has 0 aliphatic carbocycles. The van der Waals surface area contributed by atoms with Gasteiger partial charge in [0, 0.05) is 6.42 Å². The van der Waals surface area contributed by atoms with Gasteiger partial charge in [0.05, 0.1) is 17.4 Å². The van der Waals surface area contributed by atoms with Gasteiger partial charge in [-0.15, -0.1) is 0 Å². The average Bonchev–Trinajstić information content (AvgIpc) is 2.44. The van der Waals surface area contributed by atoms with Crippen LogP contribution in [0.5, 0.6) is 5.75 Å². The lowest BCUT2D eigenvalue weighted by molar-refractivity contribution is -0.137. The highest BCUT2D eigenvalue weighted by atomic mass is 28.3. The number of alkyl halides is 3. The molecule has 0 saturated heterocycles. The summed E-state index contributed by atoms with van der Waals surface area (Å²) in [4.78, 5) is 12.3. The van der Waals surface area contributed by atoms with Gasteiger partial charge in [-0.1, -0.05) is 20.8 Å². The second kappa shape index (κ2) is 6.99. The molecule has 0 saturated carbocycles. The molecule has 0 spiro atoms. The Morgan fingerprint density at radius 3 is 2.44 bits per heavy atom.